The highest BCUT2D eigenvalue weighted by Crippen LogP contribution is 2.32. The van der Waals surface area contributed by atoms with Crippen molar-refractivity contribution < 1.29 is 0 Å². The van der Waals surface area contributed by atoms with E-state index in [1.165, 1.54) is 4.90 Å². The normalized spacial score (nSPS) is 11.0. The molecule has 0 atom stereocenters. The summed E-state index contributed by atoms with van der Waals surface area (Å²) in [6.45, 7) is 0. The number of rotatable bonds is 4. The number of benzene rings is 2. The number of aromatic nitrogens is 3. The zero-order chi connectivity index (χ0) is 17.2. The van der Waals surface area contributed by atoms with Gasteiger partial charge in [-0.2, -0.15) is 0 Å². The van der Waals surface area contributed by atoms with Crippen LogP contribution in [0.2, 0.25) is 5.02 Å². The van der Waals surface area contributed by atoms with Crippen LogP contribution in [0.1, 0.15) is 0 Å². The maximum absolute atomic E-state index is 5.99. The fourth-order valence-electron chi connectivity index (χ4n) is 2.65. The van der Waals surface area contributed by atoms with Crippen molar-refractivity contribution in [2.45, 2.75) is 4.90 Å². The number of imidazole rings is 1. The molecule has 0 fully saturated rings. The molecule has 0 aliphatic carbocycles. The SMILES string of the molecule is CSc1ccc(-c2nc3cnccn3c2Nc2ccc(Cl)cc2)cc1. The molecule has 0 aliphatic heterocycles. The van der Waals surface area contributed by atoms with Crippen molar-refractivity contribution in [3.8, 4) is 11.3 Å². The van der Waals surface area contributed by atoms with Crippen molar-refractivity contribution in [3.05, 3.63) is 72.1 Å². The van der Waals surface area contributed by atoms with Crippen LogP contribution < -0.4 is 5.32 Å². The predicted octanol–water partition coefficient (Wildman–Crippen LogP) is 5.52. The standard InChI is InChI=1S/C19H15ClN4S/c1-25-16-8-2-13(3-9-16)18-19(22-15-6-4-14(20)5-7-15)24-11-10-21-12-17(24)23-18/h2-12,22H,1H3. The van der Waals surface area contributed by atoms with Crippen molar-refractivity contribution in [3.63, 3.8) is 0 Å². The topological polar surface area (TPSA) is 42.2 Å². The molecule has 0 unspecified atom stereocenters. The van der Waals surface area contributed by atoms with Crippen molar-refractivity contribution >= 4 is 40.5 Å². The second-order valence-corrected chi connectivity index (χ2v) is 6.79. The molecule has 6 heteroatoms. The average molecular weight is 367 g/mol. The van der Waals surface area contributed by atoms with E-state index in [4.69, 9.17) is 16.6 Å². The molecule has 0 amide bonds. The summed E-state index contributed by atoms with van der Waals surface area (Å²) in [5, 5.41) is 4.17. The lowest BCUT2D eigenvalue weighted by Gasteiger charge is -2.09. The smallest absolute Gasteiger partial charge is 0.157 e. The number of nitrogens with zero attached hydrogens (tertiary/aromatic N) is 3. The van der Waals surface area contributed by atoms with E-state index in [9.17, 15) is 0 Å². The van der Waals surface area contributed by atoms with E-state index >= 15 is 0 Å². The Morgan fingerprint density at radius 3 is 2.52 bits per heavy atom. The van der Waals surface area contributed by atoms with Gasteiger partial charge in [0.1, 0.15) is 11.5 Å². The van der Waals surface area contributed by atoms with Gasteiger partial charge in [-0.25, -0.2) is 4.98 Å². The Hall–Kier alpha value is -2.50. The highest BCUT2D eigenvalue weighted by atomic mass is 35.5. The largest absolute Gasteiger partial charge is 0.339 e. The minimum Gasteiger partial charge on any atom is -0.339 e. The van der Waals surface area contributed by atoms with Crippen LogP contribution in [0.5, 0.6) is 0 Å². The Labute approximate surface area is 154 Å². The van der Waals surface area contributed by atoms with Crippen molar-refractivity contribution in [2.75, 3.05) is 11.6 Å². The molecule has 0 saturated carbocycles. The van der Waals surface area contributed by atoms with Crippen LogP contribution in [0.25, 0.3) is 16.9 Å². The summed E-state index contributed by atoms with van der Waals surface area (Å²) in [7, 11) is 0. The first kappa shape index (κ1) is 16.0. The Bertz CT molecular complexity index is 1010. The van der Waals surface area contributed by atoms with E-state index in [2.05, 4.69) is 40.8 Å². The van der Waals surface area contributed by atoms with Crippen LogP contribution in [0.15, 0.2) is 72.0 Å². The number of hydrogen-bond acceptors (Lipinski definition) is 4. The zero-order valence-corrected chi connectivity index (χ0v) is 15.1. The third-order valence-corrected chi connectivity index (χ3v) is 4.90. The quantitative estimate of drug-likeness (QED) is 0.483. The van der Waals surface area contributed by atoms with Gasteiger partial charge in [0.2, 0.25) is 0 Å². The van der Waals surface area contributed by atoms with E-state index in [-0.39, 0.29) is 0 Å². The molecular formula is C19H15ClN4S. The van der Waals surface area contributed by atoms with Gasteiger partial charge in [0.15, 0.2) is 5.65 Å². The number of thioether (sulfide) groups is 1. The average Bonchev–Trinajstić information content (AvgIpc) is 3.02. The summed E-state index contributed by atoms with van der Waals surface area (Å²) in [6.07, 6.45) is 7.48. The molecule has 4 rings (SSSR count). The molecule has 0 spiro atoms. The lowest BCUT2D eigenvalue weighted by Crippen LogP contribution is -1.97. The maximum atomic E-state index is 5.99. The van der Waals surface area contributed by atoms with Crippen molar-refractivity contribution in [2.24, 2.45) is 0 Å². The van der Waals surface area contributed by atoms with E-state index < -0.39 is 0 Å². The Kier molecular flexibility index (Phi) is 4.34. The molecule has 0 aliphatic rings. The molecular weight excluding hydrogens is 352 g/mol. The summed E-state index contributed by atoms with van der Waals surface area (Å²) in [6, 6.07) is 16.0. The molecule has 124 valence electrons. The first-order chi connectivity index (χ1) is 12.2. The monoisotopic (exact) mass is 366 g/mol. The predicted molar refractivity (Wildman–Crippen MR) is 105 cm³/mol. The third-order valence-electron chi connectivity index (χ3n) is 3.90. The van der Waals surface area contributed by atoms with Gasteiger partial charge in [-0.15, -0.1) is 11.8 Å². The second kappa shape index (κ2) is 6.78. The van der Waals surface area contributed by atoms with Gasteiger partial charge in [-0.1, -0.05) is 23.7 Å². The Balaban J connectivity index is 1.83. The minimum absolute atomic E-state index is 0.709. The number of anilines is 2. The summed E-state index contributed by atoms with van der Waals surface area (Å²) in [5.41, 5.74) is 3.68. The summed E-state index contributed by atoms with van der Waals surface area (Å²) >= 11 is 7.71. The molecule has 25 heavy (non-hydrogen) atoms. The zero-order valence-electron chi connectivity index (χ0n) is 13.5. The molecule has 4 nitrogen and oxygen atoms in total. The van der Waals surface area contributed by atoms with Gasteiger partial charge < -0.3 is 5.32 Å². The van der Waals surface area contributed by atoms with Gasteiger partial charge in [-0.3, -0.25) is 9.38 Å². The van der Waals surface area contributed by atoms with Gasteiger partial charge in [0.05, 0.1) is 6.20 Å². The minimum atomic E-state index is 0.709. The first-order valence-electron chi connectivity index (χ1n) is 7.74. The van der Waals surface area contributed by atoms with E-state index in [1.807, 2.05) is 34.9 Å². The highest BCUT2D eigenvalue weighted by molar-refractivity contribution is 7.98. The number of fused-ring (bicyclic) bond motifs is 1. The van der Waals surface area contributed by atoms with Crippen molar-refractivity contribution in [1.29, 1.82) is 0 Å². The third kappa shape index (κ3) is 3.21. The molecule has 0 radical (unpaired) electrons. The van der Waals surface area contributed by atoms with E-state index in [0.717, 1.165) is 28.4 Å². The molecule has 2 heterocycles. The van der Waals surface area contributed by atoms with Crippen LogP contribution >= 0.6 is 23.4 Å². The Morgan fingerprint density at radius 2 is 1.80 bits per heavy atom. The van der Waals surface area contributed by atoms with Gasteiger partial charge >= 0.3 is 0 Å². The van der Waals surface area contributed by atoms with Crippen LogP contribution in [0.3, 0.4) is 0 Å². The van der Waals surface area contributed by atoms with Crippen molar-refractivity contribution in [1.82, 2.24) is 14.4 Å². The summed E-state index contributed by atoms with van der Waals surface area (Å²) in [4.78, 5) is 10.2. The van der Waals surface area contributed by atoms with Crippen LogP contribution in [0.4, 0.5) is 11.5 Å². The van der Waals surface area contributed by atoms with Gasteiger partial charge in [-0.05, 0) is 42.7 Å². The van der Waals surface area contributed by atoms with Gasteiger partial charge in [0, 0.05) is 33.6 Å². The number of halogens is 1. The maximum Gasteiger partial charge on any atom is 0.157 e. The van der Waals surface area contributed by atoms with E-state index in [0.29, 0.717) is 5.02 Å². The molecule has 0 bridgehead atoms. The van der Waals surface area contributed by atoms with Crippen LogP contribution in [-0.2, 0) is 0 Å². The Morgan fingerprint density at radius 1 is 1.04 bits per heavy atom. The fraction of sp³-hybridized carbons (Fsp3) is 0.0526. The highest BCUT2D eigenvalue weighted by Gasteiger charge is 2.14. The lowest BCUT2D eigenvalue weighted by atomic mass is 10.1. The summed E-state index contributed by atoms with van der Waals surface area (Å²) < 4.78 is 2.00. The molecule has 2 aromatic carbocycles. The van der Waals surface area contributed by atoms with Gasteiger partial charge in [0.25, 0.3) is 0 Å². The molecule has 0 saturated heterocycles. The number of nitrogens with one attached hydrogen (secondary N) is 1. The van der Waals surface area contributed by atoms with Crippen LogP contribution in [-0.4, -0.2) is 20.6 Å². The lowest BCUT2D eigenvalue weighted by molar-refractivity contribution is 1.13. The molecule has 1 N–H and O–H groups in total. The number of hydrogen-bond donors (Lipinski definition) is 1. The molecule has 4 aromatic rings. The fourth-order valence-corrected chi connectivity index (χ4v) is 3.18. The molecule has 2 aromatic heterocycles. The second-order valence-electron chi connectivity index (χ2n) is 5.47. The van der Waals surface area contributed by atoms with Crippen LogP contribution in [0, 0.1) is 0 Å². The first-order valence-corrected chi connectivity index (χ1v) is 9.34. The van der Waals surface area contributed by atoms with E-state index in [1.54, 1.807) is 24.2 Å². The summed E-state index contributed by atoms with van der Waals surface area (Å²) in [5.74, 6) is 0.900.